The van der Waals surface area contributed by atoms with Crippen molar-refractivity contribution in [3.63, 3.8) is 0 Å². The fraction of sp³-hybridized carbons (Fsp3) is 0.519. The van der Waals surface area contributed by atoms with Gasteiger partial charge in [-0.25, -0.2) is 0 Å². The minimum absolute atomic E-state index is 0.0182. The number of piperidine rings is 1. The highest BCUT2D eigenvalue weighted by Crippen LogP contribution is 2.43. The number of hydrogen-bond acceptors (Lipinski definition) is 4. The SMILES string of the molecule is O=C(NCCCN1CCC2(CC1)OCc1ccccc12)[C@@H]1CCCN1Cc1ccccc1. The molecule has 170 valence electrons. The summed E-state index contributed by atoms with van der Waals surface area (Å²) in [6.45, 7) is 6.55. The van der Waals surface area contributed by atoms with Gasteiger partial charge in [0.25, 0.3) is 0 Å². The molecule has 3 aliphatic heterocycles. The third kappa shape index (κ3) is 4.61. The lowest BCUT2D eigenvalue weighted by molar-refractivity contribution is -0.125. The van der Waals surface area contributed by atoms with Crippen LogP contribution < -0.4 is 5.32 Å². The maximum absolute atomic E-state index is 12.8. The second kappa shape index (κ2) is 9.74. The molecule has 1 atom stereocenters. The maximum Gasteiger partial charge on any atom is 0.237 e. The number of ether oxygens (including phenoxy) is 1. The molecule has 5 nitrogen and oxygen atoms in total. The minimum Gasteiger partial charge on any atom is -0.365 e. The van der Waals surface area contributed by atoms with Gasteiger partial charge in [0.05, 0.1) is 18.2 Å². The van der Waals surface area contributed by atoms with Gasteiger partial charge in [-0.1, -0.05) is 54.6 Å². The van der Waals surface area contributed by atoms with E-state index in [2.05, 4.69) is 63.6 Å². The topological polar surface area (TPSA) is 44.8 Å². The summed E-state index contributed by atoms with van der Waals surface area (Å²) < 4.78 is 6.28. The van der Waals surface area contributed by atoms with Gasteiger partial charge >= 0.3 is 0 Å². The number of hydrogen-bond donors (Lipinski definition) is 1. The monoisotopic (exact) mass is 433 g/mol. The molecule has 2 aromatic rings. The van der Waals surface area contributed by atoms with Gasteiger partial charge in [0.15, 0.2) is 0 Å². The summed E-state index contributed by atoms with van der Waals surface area (Å²) in [6.07, 6.45) is 5.20. The zero-order chi connectivity index (χ0) is 21.8. The first-order valence-corrected chi connectivity index (χ1v) is 12.2. The molecule has 1 N–H and O–H groups in total. The Bertz CT molecular complexity index is 908. The molecular formula is C27H35N3O2. The second-order valence-corrected chi connectivity index (χ2v) is 9.54. The van der Waals surface area contributed by atoms with Gasteiger partial charge in [-0.2, -0.15) is 0 Å². The normalized spacial score (nSPS) is 22.8. The molecule has 2 fully saturated rings. The molecule has 2 saturated heterocycles. The largest absolute Gasteiger partial charge is 0.365 e. The maximum atomic E-state index is 12.8. The average molecular weight is 434 g/mol. The summed E-state index contributed by atoms with van der Waals surface area (Å²) >= 11 is 0. The van der Waals surface area contributed by atoms with Crippen LogP contribution in [0, 0.1) is 0 Å². The van der Waals surface area contributed by atoms with Gasteiger partial charge in [0.2, 0.25) is 5.91 Å². The summed E-state index contributed by atoms with van der Waals surface area (Å²) in [4.78, 5) is 17.7. The van der Waals surface area contributed by atoms with Crippen LogP contribution in [0.2, 0.25) is 0 Å². The van der Waals surface area contributed by atoms with Crippen molar-refractivity contribution in [3.8, 4) is 0 Å². The zero-order valence-corrected chi connectivity index (χ0v) is 19.0. The number of nitrogens with zero attached hydrogens (tertiary/aromatic N) is 2. The zero-order valence-electron chi connectivity index (χ0n) is 19.0. The number of amides is 1. The van der Waals surface area contributed by atoms with Crippen LogP contribution in [0.15, 0.2) is 54.6 Å². The van der Waals surface area contributed by atoms with Gasteiger partial charge in [-0.3, -0.25) is 9.69 Å². The van der Waals surface area contributed by atoms with E-state index in [4.69, 9.17) is 4.74 Å². The number of nitrogens with one attached hydrogen (secondary N) is 1. The summed E-state index contributed by atoms with van der Waals surface area (Å²) in [5.41, 5.74) is 3.98. The van der Waals surface area contributed by atoms with Gasteiger partial charge < -0.3 is 15.0 Å². The molecule has 0 radical (unpaired) electrons. The third-order valence-corrected chi connectivity index (χ3v) is 7.52. The Morgan fingerprint density at radius 2 is 1.81 bits per heavy atom. The average Bonchev–Trinajstić information content (AvgIpc) is 3.44. The van der Waals surface area contributed by atoms with Crippen LogP contribution in [0.4, 0.5) is 0 Å². The Kier molecular flexibility index (Phi) is 6.58. The quantitative estimate of drug-likeness (QED) is 0.677. The fourth-order valence-electron chi connectivity index (χ4n) is 5.70. The van der Waals surface area contributed by atoms with Crippen LogP contribution in [-0.4, -0.2) is 54.5 Å². The first kappa shape index (κ1) is 21.6. The second-order valence-electron chi connectivity index (χ2n) is 9.54. The molecule has 0 aliphatic carbocycles. The number of rotatable bonds is 7. The molecule has 1 amide bonds. The molecule has 2 aromatic carbocycles. The molecule has 3 heterocycles. The van der Waals surface area contributed by atoms with Crippen LogP contribution in [0.3, 0.4) is 0 Å². The standard InChI is InChI=1S/C27H35N3O2/c31-26(25-12-6-17-30(25)20-22-8-2-1-3-9-22)28-15-7-16-29-18-13-27(14-19-29)24-11-5-4-10-23(24)21-32-27/h1-5,8-11,25H,6-7,12-21H2,(H,28,31)/t25-/m0/s1. The highest BCUT2D eigenvalue weighted by Gasteiger charge is 2.42. The lowest BCUT2D eigenvalue weighted by Crippen LogP contribution is -2.45. The molecule has 5 heteroatoms. The Labute approximate surface area is 191 Å². The first-order chi connectivity index (χ1) is 15.7. The number of benzene rings is 2. The minimum atomic E-state index is -0.0635. The van der Waals surface area contributed by atoms with Crippen molar-refractivity contribution in [1.29, 1.82) is 0 Å². The van der Waals surface area contributed by atoms with Crippen molar-refractivity contribution in [3.05, 3.63) is 71.3 Å². The number of fused-ring (bicyclic) bond motifs is 2. The van der Waals surface area contributed by atoms with Gasteiger partial charge in [-0.05, 0) is 61.9 Å². The number of carbonyl (C=O) groups is 1. The van der Waals surface area contributed by atoms with Gasteiger partial charge in [0, 0.05) is 26.2 Å². The molecule has 0 unspecified atom stereocenters. The summed E-state index contributed by atoms with van der Waals surface area (Å²) in [5.74, 6) is 0.201. The molecule has 0 saturated carbocycles. The molecule has 32 heavy (non-hydrogen) atoms. The fourth-order valence-corrected chi connectivity index (χ4v) is 5.70. The molecule has 3 aliphatic rings. The Morgan fingerprint density at radius 3 is 2.66 bits per heavy atom. The third-order valence-electron chi connectivity index (χ3n) is 7.52. The first-order valence-electron chi connectivity index (χ1n) is 12.2. The molecule has 1 spiro atoms. The van der Waals surface area contributed by atoms with Crippen molar-refractivity contribution in [1.82, 2.24) is 15.1 Å². The Morgan fingerprint density at radius 1 is 1.03 bits per heavy atom. The van der Waals surface area contributed by atoms with Crippen molar-refractivity contribution >= 4 is 5.91 Å². The van der Waals surface area contributed by atoms with E-state index < -0.39 is 0 Å². The molecule has 0 bridgehead atoms. The van der Waals surface area contributed by atoms with Crippen LogP contribution in [-0.2, 0) is 28.3 Å². The van der Waals surface area contributed by atoms with E-state index in [0.29, 0.717) is 0 Å². The molecule has 0 aromatic heterocycles. The smallest absolute Gasteiger partial charge is 0.237 e. The molecular weight excluding hydrogens is 398 g/mol. The van der Waals surface area contributed by atoms with Crippen molar-refractivity contribution in [2.24, 2.45) is 0 Å². The van der Waals surface area contributed by atoms with E-state index in [1.165, 1.54) is 16.7 Å². The summed E-state index contributed by atoms with van der Waals surface area (Å²) in [5, 5.41) is 3.21. The summed E-state index contributed by atoms with van der Waals surface area (Å²) in [6, 6.07) is 19.2. The Hall–Kier alpha value is -2.21. The summed E-state index contributed by atoms with van der Waals surface area (Å²) in [7, 11) is 0. The van der Waals surface area contributed by atoms with E-state index in [1.807, 2.05) is 6.07 Å². The van der Waals surface area contributed by atoms with Crippen LogP contribution in [0.1, 0.15) is 48.8 Å². The van der Waals surface area contributed by atoms with Crippen molar-refractivity contribution < 1.29 is 9.53 Å². The Balaban J connectivity index is 1.03. The predicted octanol–water partition coefficient (Wildman–Crippen LogP) is 3.68. The van der Waals surface area contributed by atoms with Crippen LogP contribution in [0.5, 0.6) is 0 Å². The van der Waals surface area contributed by atoms with E-state index in [9.17, 15) is 4.79 Å². The van der Waals surface area contributed by atoms with E-state index in [0.717, 1.165) is 78.0 Å². The van der Waals surface area contributed by atoms with Gasteiger partial charge in [-0.15, -0.1) is 0 Å². The lowest BCUT2D eigenvalue weighted by atomic mass is 9.84. The number of likely N-dealkylation sites (tertiary alicyclic amines) is 2. The van der Waals surface area contributed by atoms with Gasteiger partial charge in [0.1, 0.15) is 0 Å². The van der Waals surface area contributed by atoms with E-state index in [1.54, 1.807) is 0 Å². The van der Waals surface area contributed by atoms with Crippen LogP contribution >= 0.6 is 0 Å². The van der Waals surface area contributed by atoms with Crippen LogP contribution in [0.25, 0.3) is 0 Å². The highest BCUT2D eigenvalue weighted by atomic mass is 16.5. The van der Waals surface area contributed by atoms with Crippen molar-refractivity contribution in [2.75, 3.05) is 32.7 Å². The molecule has 5 rings (SSSR count). The van der Waals surface area contributed by atoms with Crippen molar-refractivity contribution in [2.45, 2.75) is 56.9 Å². The van der Waals surface area contributed by atoms with E-state index >= 15 is 0 Å². The highest BCUT2D eigenvalue weighted by molar-refractivity contribution is 5.82. The predicted molar refractivity (Wildman–Crippen MR) is 126 cm³/mol. The van der Waals surface area contributed by atoms with E-state index in [-0.39, 0.29) is 17.6 Å². The number of carbonyl (C=O) groups excluding carboxylic acids is 1. The lowest BCUT2D eigenvalue weighted by Gasteiger charge is -2.39.